The zero-order valence-electron chi connectivity index (χ0n) is 13.4. The molecule has 0 N–H and O–H groups in total. The average Bonchev–Trinajstić information content (AvgIpc) is 3.39. The number of aryl methyl sites for hydroxylation is 1. The molecule has 0 aromatic heterocycles. The first-order valence-corrected chi connectivity index (χ1v) is 7.74. The Morgan fingerprint density at radius 2 is 1.91 bits per heavy atom. The van der Waals surface area contributed by atoms with Gasteiger partial charge in [-0.2, -0.15) is 0 Å². The molecule has 2 aromatic carbocycles. The third-order valence-electron chi connectivity index (χ3n) is 3.90. The van der Waals surface area contributed by atoms with Crippen LogP contribution in [0.5, 0.6) is 11.5 Å². The minimum atomic E-state index is -0.730. The minimum Gasteiger partial charge on any atom is -0.488 e. The molecule has 4 heteroatoms. The van der Waals surface area contributed by atoms with Gasteiger partial charge in [0.2, 0.25) is 0 Å². The first kappa shape index (κ1) is 15.4. The van der Waals surface area contributed by atoms with Crippen molar-refractivity contribution in [3.05, 3.63) is 59.2 Å². The second-order valence-corrected chi connectivity index (χ2v) is 5.77. The lowest BCUT2D eigenvalue weighted by atomic mass is 10.1. The maximum atomic E-state index is 11.3. The van der Waals surface area contributed by atoms with Crippen molar-refractivity contribution in [2.45, 2.75) is 32.3 Å². The molecule has 23 heavy (non-hydrogen) atoms. The van der Waals surface area contributed by atoms with E-state index in [4.69, 9.17) is 9.47 Å². The molecule has 120 valence electrons. The van der Waals surface area contributed by atoms with Crippen LogP contribution >= 0.6 is 0 Å². The summed E-state index contributed by atoms with van der Waals surface area (Å²) in [7, 11) is 1.29. The van der Waals surface area contributed by atoms with Gasteiger partial charge in [-0.1, -0.05) is 35.9 Å². The summed E-state index contributed by atoms with van der Waals surface area (Å²) < 4.78 is 15.7. The highest BCUT2D eigenvalue weighted by atomic mass is 16.7. The van der Waals surface area contributed by atoms with Crippen LogP contribution in [-0.4, -0.2) is 13.3 Å². The van der Waals surface area contributed by atoms with E-state index in [-0.39, 0.29) is 0 Å². The summed E-state index contributed by atoms with van der Waals surface area (Å²) in [6.45, 7) is 2.44. The van der Waals surface area contributed by atoms with E-state index in [2.05, 4.69) is 23.8 Å². The van der Waals surface area contributed by atoms with Gasteiger partial charge in [0.1, 0.15) is 18.1 Å². The maximum absolute atomic E-state index is 11.3. The first-order valence-electron chi connectivity index (χ1n) is 7.74. The molecule has 0 amide bonds. The molecule has 0 saturated heterocycles. The van der Waals surface area contributed by atoms with Crippen molar-refractivity contribution < 1.29 is 19.0 Å². The first-order chi connectivity index (χ1) is 11.2. The highest BCUT2D eigenvalue weighted by Gasteiger charge is 2.27. The number of hydrogen-bond donors (Lipinski definition) is 0. The van der Waals surface area contributed by atoms with Crippen molar-refractivity contribution in [1.29, 1.82) is 0 Å². The van der Waals surface area contributed by atoms with E-state index >= 15 is 0 Å². The van der Waals surface area contributed by atoms with Crippen LogP contribution in [0.4, 0.5) is 4.79 Å². The van der Waals surface area contributed by atoms with Crippen LogP contribution in [0.15, 0.2) is 42.5 Å². The molecular weight excluding hydrogens is 292 g/mol. The number of methoxy groups -OCH3 is 1. The number of para-hydroxylation sites is 1. The third kappa shape index (κ3) is 3.83. The lowest BCUT2D eigenvalue weighted by molar-refractivity contribution is 0.120. The fourth-order valence-corrected chi connectivity index (χ4v) is 2.52. The van der Waals surface area contributed by atoms with Gasteiger partial charge in [-0.15, -0.1) is 0 Å². The highest BCUT2D eigenvalue weighted by molar-refractivity contribution is 5.64. The predicted molar refractivity (Wildman–Crippen MR) is 87.0 cm³/mol. The van der Waals surface area contributed by atoms with Gasteiger partial charge in [-0.25, -0.2) is 4.79 Å². The molecule has 3 rings (SSSR count). The van der Waals surface area contributed by atoms with Gasteiger partial charge in [0.25, 0.3) is 0 Å². The molecule has 1 saturated carbocycles. The monoisotopic (exact) mass is 312 g/mol. The fraction of sp³-hybridized carbons (Fsp3) is 0.316. The summed E-state index contributed by atoms with van der Waals surface area (Å²) in [5.41, 5.74) is 3.32. The third-order valence-corrected chi connectivity index (χ3v) is 3.90. The lowest BCUT2D eigenvalue weighted by Crippen LogP contribution is -2.10. The second kappa shape index (κ2) is 6.73. The molecule has 1 fully saturated rings. The molecule has 0 unspecified atom stereocenters. The Morgan fingerprint density at radius 1 is 1.13 bits per heavy atom. The summed E-state index contributed by atoms with van der Waals surface area (Å²) in [6.07, 6.45) is 1.72. The average molecular weight is 312 g/mol. The summed E-state index contributed by atoms with van der Waals surface area (Å²) in [5.74, 6) is 1.98. The number of carbonyl (C=O) groups is 1. The molecule has 0 heterocycles. The van der Waals surface area contributed by atoms with Gasteiger partial charge in [0.05, 0.1) is 7.11 Å². The Bertz CT molecular complexity index is 704. The van der Waals surface area contributed by atoms with Crippen molar-refractivity contribution >= 4 is 6.16 Å². The van der Waals surface area contributed by atoms with Crippen molar-refractivity contribution in [1.82, 2.24) is 0 Å². The molecule has 0 aliphatic heterocycles. The van der Waals surface area contributed by atoms with Crippen LogP contribution in [0.25, 0.3) is 0 Å². The quantitative estimate of drug-likeness (QED) is 0.598. The SMILES string of the molecule is COC(=O)Oc1ccccc1COc1ccc(C)cc1C1CC1. The van der Waals surface area contributed by atoms with E-state index in [9.17, 15) is 4.79 Å². The zero-order chi connectivity index (χ0) is 16.2. The molecule has 2 aromatic rings. The van der Waals surface area contributed by atoms with Gasteiger partial charge in [-0.3, -0.25) is 0 Å². The van der Waals surface area contributed by atoms with Crippen LogP contribution < -0.4 is 9.47 Å². The number of rotatable bonds is 5. The molecule has 4 nitrogen and oxygen atoms in total. The molecule has 0 radical (unpaired) electrons. The summed E-state index contributed by atoms with van der Waals surface area (Å²) in [6, 6.07) is 13.6. The van der Waals surface area contributed by atoms with Gasteiger partial charge in [-0.05, 0) is 43.4 Å². The summed E-state index contributed by atoms with van der Waals surface area (Å²) in [5, 5.41) is 0. The summed E-state index contributed by atoms with van der Waals surface area (Å²) >= 11 is 0. The summed E-state index contributed by atoms with van der Waals surface area (Å²) in [4.78, 5) is 11.3. The van der Waals surface area contributed by atoms with Gasteiger partial charge >= 0.3 is 6.16 Å². The molecule has 0 atom stereocenters. The van der Waals surface area contributed by atoms with Crippen molar-refractivity contribution in [3.8, 4) is 11.5 Å². The molecule has 1 aliphatic carbocycles. The minimum absolute atomic E-state index is 0.343. The van der Waals surface area contributed by atoms with Crippen molar-refractivity contribution in [2.75, 3.05) is 7.11 Å². The molecular formula is C19H20O4. The Balaban J connectivity index is 1.75. The van der Waals surface area contributed by atoms with Gasteiger partial charge < -0.3 is 14.2 Å². The van der Waals surface area contributed by atoms with E-state index in [0.717, 1.165) is 11.3 Å². The Kier molecular flexibility index (Phi) is 4.51. The molecule has 0 spiro atoms. The fourth-order valence-electron chi connectivity index (χ4n) is 2.52. The molecule has 0 bridgehead atoms. The smallest absolute Gasteiger partial charge is 0.488 e. The Morgan fingerprint density at radius 3 is 2.65 bits per heavy atom. The normalized spacial score (nSPS) is 13.5. The van der Waals surface area contributed by atoms with E-state index in [1.807, 2.05) is 24.3 Å². The van der Waals surface area contributed by atoms with E-state index < -0.39 is 6.16 Å². The number of carbonyl (C=O) groups excluding carboxylic acids is 1. The largest absolute Gasteiger partial charge is 0.513 e. The van der Waals surface area contributed by atoms with E-state index in [1.165, 1.54) is 31.1 Å². The van der Waals surface area contributed by atoms with Gasteiger partial charge in [0.15, 0.2) is 0 Å². The maximum Gasteiger partial charge on any atom is 0.513 e. The second-order valence-electron chi connectivity index (χ2n) is 5.77. The number of benzene rings is 2. The Hall–Kier alpha value is -2.49. The van der Waals surface area contributed by atoms with Crippen LogP contribution in [0.2, 0.25) is 0 Å². The Labute approximate surface area is 136 Å². The molecule has 1 aliphatic rings. The van der Waals surface area contributed by atoms with Crippen LogP contribution in [0.3, 0.4) is 0 Å². The van der Waals surface area contributed by atoms with E-state index in [1.54, 1.807) is 6.07 Å². The number of ether oxygens (including phenoxy) is 3. The highest BCUT2D eigenvalue weighted by Crippen LogP contribution is 2.44. The van der Waals surface area contributed by atoms with Crippen LogP contribution in [0, 0.1) is 6.92 Å². The predicted octanol–water partition coefficient (Wildman–Crippen LogP) is 4.60. The van der Waals surface area contributed by atoms with E-state index in [0.29, 0.717) is 18.3 Å². The van der Waals surface area contributed by atoms with Crippen molar-refractivity contribution in [2.24, 2.45) is 0 Å². The lowest BCUT2D eigenvalue weighted by Gasteiger charge is -2.14. The zero-order valence-corrected chi connectivity index (χ0v) is 13.4. The standard InChI is InChI=1S/C19H20O4/c1-13-7-10-18(16(11-13)14-8-9-14)22-12-15-5-3-4-6-17(15)23-19(20)21-2/h3-7,10-11,14H,8-9,12H2,1-2H3. The topological polar surface area (TPSA) is 44.8 Å². The van der Waals surface area contributed by atoms with Crippen LogP contribution in [-0.2, 0) is 11.3 Å². The van der Waals surface area contributed by atoms with Crippen molar-refractivity contribution in [3.63, 3.8) is 0 Å². The number of hydrogen-bond acceptors (Lipinski definition) is 4. The van der Waals surface area contributed by atoms with Gasteiger partial charge in [0, 0.05) is 5.56 Å². The van der Waals surface area contributed by atoms with Crippen LogP contribution in [0.1, 0.15) is 35.4 Å².